The van der Waals surface area contributed by atoms with Gasteiger partial charge in [0.15, 0.2) is 0 Å². The average Bonchev–Trinajstić information content (AvgIpc) is 2.90. The van der Waals surface area contributed by atoms with Crippen molar-refractivity contribution in [2.24, 2.45) is 0 Å². The van der Waals surface area contributed by atoms with E-state index in [0.717, 1.165) is 22.8 Å². The third-order valence-electron chi connectivity index (χ3n) is 2.67. The number of amides is 1. The lowest BCUT2D eigenvalue weighted by Crippen LogP contribution is -2.24. The Kier molecular flexibility index (Phi) is 4.52. The van der Waals surface area contributed by atoms with Gasteiger partial charge in [0.2, 0.25) is 0 Å². The van der Waals surface area contributed by atoms with Crippen LogP contribution in [-0.4, -0.2) is 17.4 Å². The first-order chi connectivity index (χ1) is 9.20. The monoisotopic (exact) mass is 275 g/mol. The maximum atomic E-state index is 12.2. The zero-order valence-electron chi connectivity index (χ0n) is 11.1. The number of nitrogens with one attached hydrogen (secondary N) is 2. The van der Waals surface area contributed by atoms with E-state index in [4.69, 9.17) is 0 Å². The van der Waals surface area contributed by atoms with Crippen molar-refractivity contribution in [2.75, 3.05) is 11.9 Å². The van der Waals surface area contributed by atoms with Gasteiger partial charge in [0.1, 0.15) is 5.01 Å². The van der Waals surface area contributed by atoms with Crippen LogP contribution in [0.4, 0.5) is 5.69 Å². The Morgan fingerprint density at radius 3 is 2.95 bits per heavy atom. The van der Waals surface area contributed by atoms with E-state index in [-0.39, 0.29) is 5.91 Å². The standard InChI is InChI=1S/C14H17N3OS/c1-3-15-12-8-10(2)4-5-11(12)14(18)17-9-13-16-6-7-19-13/h4-8,15H,3,9H2,1-2H3,(H,17,18). The SMILES string of the molecule is CCNc1cc(C)ccc1C(=O)NCc1nccs1. The molecule has 5 heteroatoms. The molecule has 2 rings (SSSR count). The highest BCUT2D eigenvalue weighted by Crippen LogP contribution is 2.17. The minimum Gasteiger partial charge on any atom is -0.385 e. The lowest BCUT2D eigenvalue weighted by atomic mass is 10.1. The second kappa shape index (κ2) is 6.33. The third kappa shape index (κ3) is 3.54. The van der Waals surface area contributed by atoms with Gasteiger partial charge in [-0.15, -0.1) is 11.3 Å². The van der Waals surface area contributed by atoms with Crippen LogP contribution in [0.5, 0.6) is 0 Å². The van der Waals surface area contributed by atoms with Crippen LogP contribution in [0.3, 0.4) is 0 Å². The third-order valence-corrected chi connectivity index (χ3v) is 3.45. The summed E-state index contributed by atoms with van der Waals surface area (Å²) in [7, 11) is 0. The number of thiazole rings is 1. The van der Waals surface area contributed by atoms with Gasteiger partial charge in [-0.05, 0) is 31.5 Å². The lowest BCUT2D eigenvalue weighted by molar-refractivity contribution is 0.0951. The minimum absolute atomic E-state index is 0.0776. The number of aryl methyl sites for hydroxylation is 1. The summed E-state index contributed by atoms with van der Waals surface area (Å²) in [5.41, 5.74) is 2.68. The molecule has 0 atom stereocenters. The van der Waals surface area contributed by atoms with Crippen LogP contribution in [0, 0.1) is 6.92 Å². The molecule has 2 aromatic rings. The number of hydrogen-bond donors (Lipinski definition) is 2. The minimum atomic E-state index is -0.0776. The second-order valence-corrected chi connectivity index (χ2v) is 5.17. The van der Waals surface area contributed by atoms with E-state index in [1.807, 2.05) is 37.4 Å². The van der Waals surface area contributed by atoms with Gasteiger partial charge in [-0.2, -0.15) is 0 Å². The van der Waals surface area contributed by atoms with Gasteiger partial charge in [-0.25, -0.2) is 4.98 Å². The number of carbonyl (C=O) groups is 1. The second-order valence-electron chi connectivity index (χ2n) is 4.19. The number of carbonyl (C=O) groups excluding carboxylic acids is 1. The van der Waals surface area contributed by atoms with Crippen molar-refractivity contribution in [3.05, 3.63) is 45.9 Å². The lowest BCUT2D eigenvalue weighted by Gasteiger charge is -2.11. The zero-order valence-corrected chi connectivity index (χ0v) is 11.9. The maximum absolute atomic E-state index is 12.2. The molecule has 1 aromatic carbocycles. The van der Waals surface area contributed by atoms with Crippen molar-refractivity contribution in [3.63, 3.8) is 0 Å². The molecule has 0 spiro atoms. The summed E-state index contributed by atoms with van der Waals surface area (Å²) in [5.74, 6) is -0.0776. The van der Waals surface area contributed by atoms with E-state index in [2.05, 4.69) is 15.6 Å². The van der Waals surface area contributed by atoms with Crippen LogP contribution in [0.1, 0.15) is 27.9 Å². The van der Waals surface area contributed by atoms with Crippen molar-refractivity contribution in [1.29, 1.82) is 0 Å². The summed E-state index contributed by atoms with van der Waals surface area (Å²) >= 11 is 1.54. The number of benzene rings is 1. The first-order valence-electron chi connectivity index (χ1n) is 6.21. The molecule has 19 heavy (non-hydrogen) atoms. The van der Waals surface area contributed by atoms with Gasteiger partial charge in [0, 0.05) is 23.8 Å². The molecule has 0 aliphatic carbocycles. The first kappa shape index (κ1) is 13.5. The Bertz CT molecular complexity index is 552. The molecule has 0 aliphatic rings. The van der Waals surface area contributed by atoms with Crippen molar-refractivity contribution in [1.82, 2.24) is 10.3 Å². The van der Waals surface area contributed by atoms with Crippen LogP contribution >= 0.6 is 11.3 Å². The highest BCUT2D eigenvalue weighted by atomic mass is 32.1. The summed E-state index contributed by atoms with van der Waals surface area (Å²) in [4.78, 5) is 16.3. The average molecular weight is 275 g/mol. The Hall–Kier alpha value is -1.88. The van der Waals surface area contributed by atoms with E-state index < -0.39 is 0 Å². The maximum Gasteiger partial charge on any atom is 0.253 e. The summed E-state index contributed by atoms with van der Waals surface area (Å²) in [6, 6.07) is 5.78. The molecule has 4 nitrogen and oxygen atoms in total. The molecule has 2 N–H and O–H groups in total. The topological polar surface area (TPSA) is 54.0 Å². The highest BCUT2D eigenvalue weighted by Gasteiger charge is 2.11. The molecular formula is C14H17N3OS. The van der Waals surface area contributed by atoms with Gasteiger partial charge in [0.05, 0.1) is 12.1 Å². The molecule has 0 unspecified atom stereocenters. The summed E-state index contributed by atoms with van der Waals surface area (Å²) < 4.78 is 0. The molecule has 1 heterocycles. The van der Waals surface area contributed by atoms with Crippen LogP contribution in [0.2, 0.25) is 0 Å². The molecule has 0 saturated heterocycles. The fourth-order valence-electron chi connectivity index (χ4n) is 1.78. The molecule has 0 radical (unpaired) electrons. The number of nitrogens with zero attached hydrogens (tertiary/aromatic N) is 1. The Morgan fingerprint density at radius 2 is 2.26 bits per heavy atom. The Labute approximate surface area is 116 Å². The fourth-order valence-corrected chi connectivity index (χ4v) is 2.34. The van der Waals surface area contributed by atoms with Crippen molar-refractivity contribution >= 4 is 22.9 Å². The fraction of sp³-hybridized carbons (Fsp3) is 0.286. The van der Waals surface area contributed by atoms with Crippen LogP contribution in [0.15, 0.2) is 29.8 Å². The zero-order chi connectivity index (χ0) is 13.7. The summed E-state index contributed by atoms with van der Waals surface area (Å²) in [5, 5.41) is 8.91. The molecule has 0 fully saturated rings. The van der Waals surface area contributed by atoms with Crippen LogP contribution < -0.4 is 10.6 Å². The molecular weight excluding hydrogens is 258 g/mol. The van der Waals surface area contributed by atoms with Gasteiger partial charge in [-0.1, -0.05) is 6.07 Å². The van der Waals surface area contributed by atoms with Crippen molar-refractivity contribution < 1.29 is 4.79 Å². The van der Waals surface area contributed by atoms with E-state index >= 15 is 0 Å². The van der Waals surface area contributed by atoms with Gasteiger partial charge < -0.3 is 10.6 Å². The number of anilines is 1. The van der Waals surface area contributed by atoms with Crippen molar-refractivity contribution in [2.45, 2.75) is 20.4 Å². The number of aromatic nitrogens is 1. The summed E-state index contributed by atoms with van der Waals surface area (Å²) in [6.07, 6.45) is 1.74. The molecule has 0 saturated carbocycles. The van der Waals surface area contributed by atoms with E-state index in [1.54, 1.807) is 6.20 Å². The van der Waals surface area contributed by atoms with Crippen molar-refractivity contribution in [3.8, 4) is 0 Å². The van der Waals surface area contributed by atoms with E-state index in [0.29, 0.717) is 12.1 Å². The molecule has 0 bridgehead atoms. The van der Waals surface area contributed by atoms with Gasteiger partial charge in [0.25, 0.3) is 5.91 Å². The Balaban J connectivity index is 2.09. The molecule has 100 valence electrons. The van der Waals surface area contributed by atoms with E-state index in [9.17, 15) is 4.79 Å². The van der Waals surface area contributed by atoms with Gasteiger partial charge >= 0.3 is 0 Å². The van der Waals surface area contributed by atoms with Gasteiger partial charge in [-0.3, -0.25) is 4.79 Å². The molecule has 1 amide bonds. The normalized spacial score (nSPS) is 10.2. The Morgan fingerprint density at radius 1 is 1.42 bits per heavy atom. The first-order valence-corrected chi connectivity index (χ1v) is 7.09. The molecule has 0 aliphatic heterocycles. The smallest absolute Gasteiger partial charge is 0.253 e. The summed E-state index contributed by atoms with van der Waals surface area (Å²) in [6.45, 7) is 5.28. The molecule has 1 aromatic heterocycles. The van der Waals surface area contributed by atoms with E-state index in [1.165, 1.54) is 11.3 Å². The predicted molar refractivity (Wildman–Crippen MR) is 78.6 cm³/mol. The van der Waals surface area contributed by atoms with Crippen LogP contribution in [-0.2, 0) is 6.54 Å². The quantitative estimate of drug-likeness (QED) is 0.882. The number of rotatable bonds is 5. The predicted octanol–water partition coefficient (Wildman–Crippen LogP) is 2.81. The largest absolute Gasteiger partial charge is 0.385 e. The highest BCUT2D eigenvalue weighted by molar-refractivity contribution is 7.09. The number of hydrogen-bond acceptors (Lipinski definition) is 4. The van der Waals surface area contributed by atoms with Crippen LogP contribution in [0.25, 0.3) is 0 Å².